The van der Waals surface area contributed by atoms with Gasteiger partial charge in [0, 0.05) is 19.3 Å². The van der Waals surface area contributed by atoms with Gasteiger partial charge in [-0.05, 0) is 122 Å². The first-order valence-corrected chi connectivity index (χ1v) is 31.3. The number of aliphatic hydroxyl groups is 1. The summed E-state index contributed by atoms with van der Waals surface area (Å²) in [6, 6.07) is 0. The van der Waals surface area contributed by atoms with E-state index in [9.17, 15) is 28.9 Å². The van der Waals surface area contributed by atoms with Crippen molar-refractivity contribution in [2.24, 2.45) is 0 Å². The van der Waals surface area contributed by atoms with E-state index in [2.05, 4.69) is 130 Å². The first kappa shape index (κ1) is 72.1. The number of phosphoric acid groups is 1. The summed E-state index contributed by atoms with van der Waals surface area (Å²) in [5.41, 5.74) is 0. The molecule has 3 atom stereocenters. The van der Waals surface area contributed by atoms with Gasteiger partial charge in [0.1, 0.15) is 12.7 Å². The summed E-state index contributed by atoms with van der Waals surface area (Å²) in [5, 5.41) is 9.82. The Labute approximate surface area is 463 Å². The highest BCUT2D eigenvalue weighted by molar-refractivity contribution is 7.47. The summed E-state index contributed by atoms with van der Waals surface area (Å²) < 4.78 is 39.5. The van der Waals surface area contributed by atoms with Crippen LogP contribution in [0.4, 0.5) is 0 Å². The first-order chi connectivity index (χ1) is 37.2. The van der Waals surface area contributed by atoms with Gasteiger partial charge in [0.2, 0.25) is 0 Å². The van der Waals surface area contributed by atoms with Crippen molar-refractivity contribution < 1.29 is 52.2 Å². The lowest BCUT2D eigenvalue weighted by molar-refractivity contribution is -0.161. The Balaban J connectivity index is 4.80. The molecule has 0 spiro atoms. The topological polar surface area (TPSA) is 155 Å². The minimum absolute atomic E-state index is 0.135. The average Bonchev–Trinajstić information content (AvgIpc) is 3.41. The molecule has 11 nitrogen and oxygen atoms in total. The zero-order valence-corrected chi connectivity index (χ0v) is 48.8. The maximum absolute atomic E-state index is 12.9. The standard InChI is InChI=1S/C64H107O11P/c1-4-7-10-13-16-19-22-25-28-29-30-31-34-35-38-41-44-47-50-53-62(66)71-57-61(75-64(68)55-52-49-46-43-40-37-33-27-24-21-18-15-12-9-6-3)59-73-76(69,70)72-58-60(56-65)74-63(67)54-51-48-45-42-39-36-32-26-23-20-17-14-11-8-5-2/h7,9-10,12,16,18-19,21,25-28,30-33,35,38,60-61,65H,4-6,8,11,13-15,17,20,22-24,29,34,36-37,39-59H2,1-3H3,(H,69,70)/b10-7-,12-9-,19-16-,21-18-,28-25-,31-30-,32-26-,33-27-,38-35-. The predicted octanol–water partition coefficient (Wildman–Crippen LogP) is 17.8. The molecule has 12 heteroatoms. The number of hydrogen-bond acceptors (Lipinski definition) is 10. The molecule has 0 fully saturated rings. The highest BCUT2D eigenvalue weighted by Crippen LogP contribution is 2.43. The number of hydrogen-bond donors (Lipinski definition) is 2. The number of rotatable bonds is 54. The molecule has 0 aromatic heterocycles. The van der Waals surface area contributed by atoms with Crippen molar-refractivity contribution >= 4 is 25.7 Å². The lowest BCUT2D eigenvalue weighted by Crippen LogP contribution is -2.30. The van der Waals surface area contributed by atoms with Crippen molar-refractivity contribution in [3.05, 3.63) is 109 Å². The van der Waals surface area contributed by atoms with Crippen molar-refractivity contribution in [2.75, 3.05) is 26.4 Å². The number of esters is 3. The third kappa shape index (κ3) is 54.9. The van der Waals surface area contributed by atoms with Gasteiger partial charge < -0.3 is 24.2 Å². The second-order valence-corrected chi connectivity index (χ2v) is 20.8. The fraction of sp³-hybridized carbons (Fsp3) is 0.672. The van der Waals surface area contributed by atoms with Gasteiger partial charge in [-0.2, -0.15) is 0 Å². The maximum Gasteiger partial charge on any atom is 0.472 e. The van der Waals surface area contributed by atoms with Crippen LogP contribution in [0.5, 0.6) is 0 Å². The van der Waals surface area contributed by atoms with E-state index in [1.807, 2.05) is 0 Å². The SMILES string of the molecule is CC/C=C\C/C=C\C/C=C\C/C=C\C/C=C\CCCCCC(=O)OCC(COP(=O)(O)OCC(CO)OC(=O)CCCCCCC/C=C\CCCCCCCC)OC(=O)CCCCCCC/C=C\C/C=C\C/C=C\CC. The molecule has 3 unspecified atom stereocenters. The number of ether oxygens (including phenoxy) is 3. The van der Waals surface area contributed by atoms with Crippen LogP contribution in [0.15, 0.2) is 109 Å². The molecule has 76 heavy (non-hydrogen) atoms. The minimum atomic E-state index is -4.77. The number of carbonyl (C=O) groups is 3. The Kier molecular flexibility index (Phi) is 54.4. The number of carbonyl (C=O) groups excluding carboxylic acids is 3. The molecule has 0 aromatic carbocycles. The van der Waals surface area contributed by atoms with Gasteiger partial charge in [0.05, 0.1) is 19.8 Å². The number of phosphoric ester groups is 1. The van der Waals surface area contributed by atoms with Gasteiger partial charge in [0.25, 0.3) is 0 Å². The maximum atomic E-state index is 12.9. The zero-order chi connectivity index (χ0) is 55.5. The van der Waals surface area contributed by atoms with Crippen LogP contribution in [-0.2, 0) is 42.2 Å². The average molecular weight is 1080 g/mol. The molecule has 0 bridgehead atoms. The van der Waals surface area contributed by atoms with E-state index in [1.165, 1.54) is 38.5 Å². The van der Waals surface area contributed by atoms with E-state index in [1.54, 1.807) is 0 Å². The highest BCUT2D eigenvalue weighted by Gasteiger charge is 2.28. The van der Waals surface area contributed by atoms with Gasteiger partial charge in [0.15, 0.2) is 6.10 Å². The Morgan fingerprint density at radius 2 is 0.684 bits per heavy atom. The van der Waals surface area contributed by atoms with Gasteiger partial charge >= 0.3 is 25.7 Å². The Bertz CT molecular complexity index is 1690. The normalized spacial score (nSPS) is 14.1. The van der Waals surface area contributed by atoms with E-state index < -0.39 is 57.8 Å². The number of allylic oxidation sites excluding steroid dienone is 18. The molecule has 2 N–H and O–H groups in total. The molecule has 0 radical (unpaired) electrons. The van der Waals surface area contributed by atoms with Crippen LogP contribution in [0.3, 0.4) is 0 Å². The van der Waals surface area contributed by atoms with E-state index in [-0.39, 0.29) is 25.9 Å². The first-order valence-electron chi connectivity index (χ1n) is 29.8. The molecule has 0 aromatic rings. The second-order valence-electron chi connectivity index (χ2n) is 19.4. The summed E-state index contributed by atoms with van der Waals surface area (Å²) in [6.07, 6.45) is 69.0. The lowest BCUT2D eigenvalue weighted by atomic mass is 10.1. The number of unbranched alkanes of at least 4 members (excludes halogenated alkanes) is 19. The third-order valence-corrected chi connectivity index (χ3v) is 13.1. The van der Waals surface area contributed by atoms with Crippen molar-refractivity contribution in [3.8, 4) is 0 Å². The Hall–Kier alpha value is -3.86. The zero-order valence-electron chi connectivity index (χ0n) is 47.9. The molecule has 0 aliphatic carbocycles. The molecule has 0 rings (SSSR count). The lowest BCUT2D eigenvalue weighted by Gasteiger charge is -2.21. The van der Waals surface area contributed by atoms with Crippen LogP contribution in [-0.4, -0.2) is 66.5 Å². The van der Waals surface area contributed by atoms with Gasteiger partial charge in [-0.15, -0.1) is 0 Å². The largest absolute Gasteiger partial charge is 0.472 e. The van der Waals surface area contributed by atoms with Crippen LogP contribution in [0.1, 0.15) is 239 Å². The molecule has 434 valence electrons. The van der Waals surface area contributed by atoms with Crippen LogP contribution >= 0.6 is 7.82 Å². The van der Waals surface area contributed by atoms with Crippen LogP contribution < -0.4 is 0 Å². The fourth-order valence-corrected chi connectivity index (χ4v) is 8.47. The van der Waals surface area contributed by atoms with Crippen molar-refractivity contribution in [3.63, 3.8) is 0 Å². The second kappa shape index (κ2) is 57.3. The molecule has 0 saturated carbocycles. The molecule has 0 saturated heterocycles. The highest BCUT2D eigenvalue weighted by atomic mass is 31.2. The molecular weight excluding hydrogens is 976 g/mol. The smallest absolute Gasteiger partial charge is 0.462 e. The van der Waals surface area contributed by atoms with Crippen molar-refractivity contribution in [1.82, 2.24) is 0 Å². The number of aliphatic hydroxyl groups excluding tert-OH is 1. The Morgan fingerprint density at radius 3 is 1.08 bits per heavy atom. The molecule has 0 aliphatic rings. The third-order valence-electron chi connectivity index (χ3n) is 12.2. The molecule has 0 aliphatic heterocycles. The fourth-order valence-electron chi connectivity index (χ4n) is 7.69. The summed E-state index contributed by atoms with van der Waals surface area (Å²) in [5.74, 6) is -1.54. The Morgan fingerprint density at radius 1 is 0.382 bits per heavy atom. The van der Waals surface area contributed by atoms with Gasteiger partial charge in [-0.3, -0.25) is 23.4 Å². The summed E-state index contributed by atoms with van der Waals surface area (Å²) in [6.45, 7) is 4.35. The van der Waals surface area contributed by atoms with Crippen LogP contribution in [0.25, 0.3) is 0 Å². The van der Waals surface area contributed by atoms with Gasteiger partial charge in [-0.1, -0.05) is 207 Å². The van der Waals surface area contributed by atoms with E-state index in [0.717, 1.165) is 141 Å². The van der Waals surface area contributed by atoms with E-state index in [4.69, 9.17) is 23.3 Å². The quantitative estimate of drug-likeness (QED) is 0.0197. The summed E-state index contributed by atoms with van der Waals surface area (Å²) >= 11 is 0. The van der Waals surface area contributed by atoms with Crippen LogP contribution in [0.2, 0.25) is 0 Å². The monoisotopic (exact) mass is 1080 g/mol. The minimum Gasteiger partial charge on any atom is -0.462 e. The van der Waals surface area contributed by atoms with Gasteiger partial charge in [-0.25, -0.2) is 4.57 Å². The summed E-state index contributed by atoms with van der Waals surface area (Å²) in [7, 11) is -4.77. The van der Waals surface area contributed by atoms with E-state index >= 15 is 0 Å². The van der Waals surface area contributed by atoms with Crippen LogP contribution in [0, 0.1) is 0 Å². The predicted molar refractivity (Wildman–Crippen MR) is 316 cm³/mol. The molecule has 0 heterocycles. The van der Waals surface area contributed by atoms with E-state index in [0.29, 0.717) is 19.3 Å². The molecular formula is C64H107O11P. The molecule has 0 amide bonds. The van der Waals surface area contributed by atoms with Crippen molar-refractivity contribution in [1.29, 1.82) is 0 Å². The summed E-state index contributed by atoms with van der Waals surface area (Å²) in [4.78, 5) is 48.6. The van der Waals surface area contributed by atoms with Crippen molar-refractivity contribution in [2.45, 2.75) is 251 Å².